The summed E-state index contributed by atoms with van der Waals surface area (Å²) in [4.78, 5) is 12.5. The van der Waals surface area contributed by atoms with E-state index in [9.17, 15) is 9.18 Å². The number of carbonyl (C=O) groups is 1. The minimum absolute atomic E-state index is 0.204. The molecule has 0 saturated heterocycles. The lowest BCUT2D eigenvalue weighted by molar-refractivity contribution is 0.0522. The van der Waals surface area contributed by atoms with E-state index in [-0.39, 0.29) is 23.4 Å². The summed E-state index contributed by atoms with van der Waals surface area (Å²) in [5.74, 6) is -0.588. The van der Waals surface area contributed by atoms with Crippen molar-refractivity contribution >= 4 is 11.7 Å². The molecule has 0 spiro atoms. The molecule has 1 N–H and O–H groups in total. The van der Waals surface area contributed by atoms with Gasteiger partial charge in [-0.1, -0.05) is 0 Å². The number of nitrogens with one attached hydrogen (secondary N) is 1. The highest BCUT2D eigenvalue weighted by molar-refractivity contribution is 5.99. The van der Waals surface area contributed by atoms with Crippen LogP contribution in [0.15, 0.2) is 18.2 Å². The second-order valence-electron chi connectivity index (χ2n) is 6.64. The maximum Gasteiger partial charge on any atom is 0.345 e. The molecule has 1 aromatic carbocycles. The number of aromatic nitrogens is 2. The van der Waals surface area contributed by atoms with Gasteiger partial charge in [-0.15, -0.1) is 0 Å². The van der Waals surface area contributed by atoms with Crippen LogP contribution in [-0.4, -0.2) is 35.0 Å². The number of carbonyl (C=O) groups excluding carboxylic acids is 1. The van der Waals surface area contributed by atoms with E-state index in [0.29, 0.717) is 25.1 Å². The molecule has 1 aliphatic carbocycles. The van der Waals surface area contributed by atoms with Crippen LogP contribution in [0.2, 0.25) is 0 Å². The van der Waals surface area contributed by atoms with Crippen LogP contribution in [0.3, 0.4) is 0 Å². The zero-order chi connectivity index (χ0) is 18.1. The minimum atomic E-state index is -0.537. The van der Waals surface area contributed by atoms with Crippen LogP contribution in [0.4, 0.5) is 10.1 Å². The first kappa shape index (κ1) is 16.9. The van der Waals surface area contributed by atoms with Crippen molar-refractivity contribution in [2.45, 2.75) is 45.2 Å². The molecular formula is C19H22FN3O3. The molecule has 2 aromatic rings. The Bertz CT molecular complexity index is 830. The third-order valence-corrected chi connectivity index (χ3v) is 4.56. The van der Waals surface area contributed by atoms with E-state index in [1.54, 1.807) is 17.7 Å². The Balaban J connectivity index is 1.76. The maximum absolute atomic E-state index is 14.8. The van der Waals surface area contributed by atoms with Gasteiger partial charge in [-0.2, -0.15) is 5.10 Å². The third kappa shape index (κ3) is 3.25. The largest absolute Gasteiger partial charge is 0.477 e. The van der Waals surface area contributed by atoms with Gasteiger partial charge < -0.3 is 14.8 Å². The molecule has 1 aromatic heterocycles. The van der Waals surface area contributed by atoms with E-state index >= 15 is 0 Å². The monoisotopic (exact) mass is 359 g/mol. The topological polar surface area (TPSA) is 65.4 Å². The van der Waals surface area contributed by atoms with Gasteiger partial charge in [0.05, 0.1) is 13.2 Å². The van der Waals surface area contributed by atoms with Gasteiger partial charge in [-0.3, -0.25) is 0 Å². The number of hydrogen-bond acceptors (Lipinski definition) is 5. The van der Waals surface area contributed by atoms with Crippen LogP contribution < -0.4 is 10.1 Å². The summed E-state index contributed by atoms with van der Waals surface area (Å²) in [6.07, 6.45) is 4.00. The van der Waals surface area contributed by atoms with Gasteiger partial charge >= 0.3 is 5.97 Å². The predicted octanol–water partition coefficient (Wildman–Crippen LogP) is 3.61. The smallest absolute Gasteiger partial charge is 0.345 e. The number of fused-ring (bicyclic) bond motifs is 1. The van der Waals surface area contributed by atoms with Crippen molar-refractivity contribution in [3.8, 4) is 17.1 Å². The zero-order valence-electron chi connectivity index (χ0n) is 14.8. The van der Waals surface area contributed by atoms with Crippen molar-refractivity contribution in [1.82, 2.24) is 9.78 Å². The number of rotatable bonds is 5. The summed E-state index contributed by atoms with van der Waals surface area (Å²) in [5, 5.41) is 7.75. The molecule has 0 bridgehead atoms. The number of esters is 1. The fourth-order valence-corrected chi connectivity index (χ4v) is 3.11. The highest BCUT2D eigenvalue weighted by atomic mass is 19.1. The first-order valence-electron chi connectivity index (χ1n) is 9.14. The van der Waals surface area contributed by atoms with Crippen LogP contribution in [-0.2, 0) is 11.3 Å². The molecule has 4 rings (SSSR count). The Hall–Kier alpha value is -2.57. The molecule has 2 aliphatic rings. The number of ether oxygens (including phenoxy) is 2. The van der Waals surface area contributed by atoms with Crippen molar-refractivity contribution in [3.05, 3.63) is 29.6 Å². The van der Waals surface area contributed by atoms with Crippen molar-refractivity contribution in [1.29, 1.82) is 0 Å². The second kappa shape index (κ2) is 6.97. The van der Waals surface area contributed by atoms with Gasteiger partial charge in [0, 0.05) is 23.8 Å². The highest BCUT2D eigenvalue weighted by Crippen LogP contribution is 2.35. The van der Waals surface area contributed by atoms with Gasteiger partial charge in [-0.05, 0) is 50.8 Å². The van der Waals surface area contributed by atoms with E-state index in [1.165, 1.54) is 6.07 Å². The zero-order valence-corrected chi connectivity index (χ0v) is 14.8. The molecular weight excluding hydrogens is 337 g/mol. The molecule has 1 saturated carbocycles. The van der Waals surface area contributed by atoms with Crippen molar-refractivity contribution < 1.29 is 18.7 Å². The van der Waals surface area contributed by atoms with Gasteiger partial charge in [-0.25, -0.2) is 13.9 Å². The van der Waals surface area contributed by atoms with Crippen LogP contribution in [0.25, 0.3) is 11.3 Å². The molecule has 0 amide bonds. The summed E-state index contributed by atoms with van der Waals surface area (Å²) in [6, 6.07) is 5.36. The van der Waals surface area contributed by atoms with Gasteiger partial charge in [0.25, 0.3) is 0 Å². The molecule has 1 fully saturated rings. The lowest BCUT2D eigenvalue weighted by atomic mass is 10.1. The SMILES string of the molecule is CCOC(=O)c1c(-c2ccc(NC3CC3)cc2F)nn2c1OCCCC2. The first-order chi connectivity index (χ1) is 12.7. The lowest BCUT2D eigenvalue weighted by Gasteiger charge is -2.09. The van der Waals surface area contributed by atoms with Crippen molar-refractivity contribution in [2.75, 3.05) is 18.5 Å². The number of nitrogens with zero attached hydrogens (tertiary/aromatic N) is 2. The Morgan fingerprint density at radius 1 is 1.42 bits per heavy atom. The summed E-state index contributed by atoms with van der Waals surface area (Å²) >= 11 is 0. The van der Waals surface area contributed by atoms with Crippen LogP contribution in [0, 0.1) is 5.82 Å². The lowest BCUT2D eigenvalue weighted by Crippen LogP contribution is -2.09. The van der Waals surface area contributed by atoms with E-state index in [2.05, 4.69) is 10.4 Å². The molecule has 0 unspecified atom stereocenters. The Kier molecular flexibility index (Phi) is 4.53. The Morgan fingerprint density at radius 2 is 2.27 bits per heavy atom. The number of benzene rings is 1. The number of hydrogen-bond donors (Lipinski definition) is 1. The van der Waals surface area contributed by atoms with Crippen molar-refractivity contribution in [2.24, 2.45) is 0 Å². The quantitative estimate of drug-likeness (QED) is 0.826. The predicted molar refractivity (Wildman–Crippen MR) is 95.0 cm³/mol. The van der Waals surface area contributed by atoms with Gasteiger partial charge in [0.1, 0.15) is 17.1 Å². The molecule has 138 valence electrons. The molecule has 26 heavy (non-hydrogen) atoms. The number of aryl methyl sites for hydroxylation is 1. The number of anilines is 1. The van der Waals surface area contributed by atoms with E-state index in [4.69, 9.17) is 9.47 Å². The summed E-state index contributed by atoms with van der Waals surface area (Å²) in [5.41, 5.74) is 1.49. The molecule has 0 radical (unpaired) electrons. The van der Waals surface area contributed by atoms with E-state index in [1.807, 2.05) is 6.07 Å². The first-order valence-corrected chi connectivity index (χ1v) is 9.14. The molecule has 2 heterocycles. The van der Waals surface area contributed by atoms with Crippen molar-refractivity contribution in [3.63, 3.8) is 0 Å². The number of halogens is 1. The average Bonchev–Trinajstić information content (AvgIpc) is 3.39. The van der Waals surface area contributed by atoms with Crippen LogP contribution >= 0.6 is 0 Å². The Labute approximate surface area is 151 Å². The molecule has 7 heteroatoms. The van der Waals surface area contributed by atoms with E-state index in [0.717, 1.165) is 31.4 Å². The molecule has 6 nitrogen and oxygen atoms in total. The maximum atomic E-state index is 14.8. The average molecular weight is 359 g/mol. The second-order valence-corrected chi connectivity index (χ2v) is 6.64. The van der Waals surface area contributed by atoms with Gasteiger partial charge in [0.2, 0.25) is 5.88 Å². The van der Waals surface area contributed by atoms with Gasteiger partial charge in [0.15, 0.2) is 0 Å². The summed E-state index contributed by atoms with van der Waals surface area (Å²) < 4.78 is 27.4. The summed E-state index contributed by atoms with van der Waals surface area (Å²) in [7, 11) is 0. The highest BCUT2D eigenvalue weighted by Gasteiger charge is 2.30. The Morgan fingerprint density at radius 3 is 3.00 bits per heavy atom. The standard InChI is InChI=1S/C19H22FN3O3/c1-2-25-19(24)16-17(22-23-9-3-4-10-26-18(16)23)14-8-7-13(11-15(14)20)21-12-5-6-12/h7-8,11-12,21H,2-6,9-10H2,1H3. The molecule has 1 aliphatic heterocycles. The fraction of sp³-hybridized carbons (Fsp3) is 0.474. The fourth-order valence-electron chi connectivity index (χ4n) is 3.11. The van der Waals surface area contributed by atoms with Crippen LogP contribution in [0.5, 0.6) is 5.88 Å². The normalized spacial score (nSPS) is 16.4. The molecule has 0 atom stereocenters. The van der Waals surface area contributed by atoms with Crippen LogP contribution in [0.1, 0.15) is 43.0 Å². The third-order valence-electron chi connectivity index (χ3n) is 4.56. The minimum Gasteiger partial charge on any atom is -0.477 e. The van der Waals surface area contributed by atoms with E-state index < -0.39 is 11.8 Å². The summed E-state index contributed by atoms with van der Waals surface area (Å²) in [6.45, 7) is 3.10.